The molecule has 0 saturated carbocycles. The quantitative estimate of drug-likeness (QED) is 0.589. The zero-order valence-corrected chi connectivity index (χ0v) is 9.03. The van der Waals surface area contributed by atoms with Gasteiger partial charge < -0.3 is 10.1 Å². The Morgan fingerprint density at radius 3 is 2.67 bits per heavy atom. The molecule has 0 bridgehead atoms. The monoisotopic (exact) mass is 214 g/mol. The lowest BCUT2D eigenvalue weighted by Crippen LogP contribution is -2.60. The van der Waals surface area contributed by atoms with Crippen LogP contribution in [-0.2, 0) is 9.53 Å². The van der Waals surface area contributed by atoms with E-state index in [2.05, 4.69) is 10.6 Å². The molecule has 0 aromatic carbocycles. The van der Waals surface area contributed by atoms with E-state index in [1.54, 1.807) is 11.9 Å². The summed E-state index contributed by atoms with van der Waals surface area (Å²) in [5.41, 5.74) is 0. The Bertz CT molecular complexity index is 224. The maximum atomic E-state index is 11.6. The molecule has 0 radical (unpaired) electrons. The number of amides is 1. The maximum Gasteiger partial charge on any atom is 0.237 e. The van der Waals surface area contributed by atoms with Crippen LogP contribution >= 0.6 is 0 Å². The van der Waals surface area contributed by atoms with Crippen molar-refractivity contribution in [1.82, 2.24) is 20.7 Å². The van der Waals surface area contributed by atoms with Crippen molar-refractivity contribution in [3.05, 3.63) is 0 Å². The number of piperazine rings is 1. The summed E-state index contributed by atoms with van der Waals surface area (Å²) in [5, 5.41) is 10.1. The molecule has 2 rings (SSSR count). The van der Waals surface area contributed by atoms with Gasteiger partial charge in [-0.1, -0.05) is 0 Å². The smallest absolute Gasteiger partial charge is 0.237 e. The van der Waals surface area contributed by atoms with Crippen LogP contribution in [0.1, 0.15) is 6.92 Å². The summed E-state index contributed by atoms with van der Waals surface area (Å²) < 4.78 is 5.46. The number of nitrogens with zero attached hydrogens (tertiary/aromatic N) is 2. The van der Waals surface area contributed by atoms with Crippen molar-refractivity contribution in [2.75, 3.05) is 39.3 Å². The maximum absolute atomic E-state index is 11.6. The highest BCUT2D eigenvalue weighted by atomic mass is 16.5. The van der Waals surface area contributed by atoms with Gasteiger partial charge in [0, 0.05) is 39.6 Å². The highest BCUT2D eigenvalue weighted by molar-refractivity contribution is 5.72. The second kappa shape index (κ2) is 4.89. The van der Waals surface area contributed by atoms with Gasteiger partial charge in [-0.15, -0.1) is 0 Å². The van der Waals surface area contributed by atoms with E-state index >= 15 is 0 Å². The normalized spacial score (nSPS) is 27.9. The summed E-state index contributed by atoms with van der Waals surface area (Å²) in [5.74, 6) is 0.0244. The molecule has 0 spiro atoms. The molecule has 2 aliphatic heterocycles. The molecular formula is C9H18N4O2. The minimum Gasteiger partial charge on any atom is -0.342 e. The van der Waals surface area contributed by atoms with Crippen molar-refractivity contribution in [3.8, 4) is 0 Å². The van der Waals surface area contributed by atoms with Crippen molar-refractivity contribution in [2.24, 2.45) is 0 Å². The lowest BCUT2D eigenvalue weighted by Gasteiger charge is -2.39. The lowest BCUT2D eigenvalue weighted by molar-refractivity contribution is -0.181. The number of nitrogens with one attached hydrogen (secondary N) is 2. The first-order valence-electron chi connectivity index (χ1n) is 5.39. The van der Waals surface area contributed by atoms with E-state index in [1.165, 1.54) is 0 Å². The fourth-order valence-corrected chi connectivity index (χ4v) is 1.95. The molecule has 2 N–H and O–H groups in total. The van der Waals surface area contributed by atoms with Crippen LogP contribution in [0.5, 0.6) is 0 Å². The number of carbonyl (C=O) groups is 1. The fourth-order valence-electron chi connectivity index (χ4n) is 1.95. The van der Waals surface area contributed by atoms with E-state index in [0.29, 0.717) is 6.61 Å². The second-order valence-corrected chi connectivity index (χ2v) is 3.74. The van der Waals surface area contributed by atoms with Gasteiger partial charge >= 0.3 is 0 Å². The third-order valence-corrected chi connectivity index (χ3v) is 2.64. The Morgan fingerprint density at radius 2 is 2.13 bits per heavy atom. The number of ether oxygens (including phenoxy) is 1. The van der Waals surface area contributed by atoms with Crippen LogP contribution in [0.25, 0.3) is 0 Å². The molecule has 0 aromatic heterocycles. The first kappa shape index (κ1) is 10.8. The van der Waals surface area contributed by atoms with Crippen LogP contribution in [0.15, 0.2) is 0 Å². The number of hydrazine groups is 1. The van der Waals surface area contributed by atoms with Crippen molar-refractivity contribution in [1.29, 1.82) is 0 Å². The van der Waals surface area contributed by atoms with Gasteiger partial charge in [0.15, 0.2) is 0 Å². The predicted octanol–water partition coefficient (Wildman–Crippen LogP) is -1.44. The van der Waals surface area contributed by atoms with E-state index < -0.39 is 0 Å². The molecule has 0 aliphatic carbocycles. The Morgan fingerprint density at radius 1 is 1.40 bits per heavy atom. The molecule has 86 valence electrons. The summed E-state index contributed by atoms with van der Waals surface area (Å²) in [6, 6.07) is 0. The highest BCUT2D eigenvalue weighted by Gasteiger charge is 2.30. The Kier molecular flexibility index (Phi) is 3.53. The van der Waals surface area contributed by atoms with Crippen molar-refractivity contribution in [3.63, 3.8) is 0 Å². The molecule has 2 saturated heterocycles. The third kappa shape index (κ3) is 2.46. The average molecular weight is 214 g/mol. The molecule has 2 heterocycles. The summed E-state index contributed by atoms with van der Waals surface area (Å²) >= 11 is 0. The summed E-state index contributed by atoms with van der Waals surface area (Å²) in [6.07, 6.45) is -0.277. The summed E-state index contributed by atoms with van der Waals surface area (Å²) in [7, 11) is 0. The molecular weight excluding hydrogens is 196 g/mol. The van der Waals surface area contributed by atoms with Crippen LogP contribution in [0.3, 0.4) is 0 Å². The molecule has 2 fully saturated rings. The minimum absolute atomic E-state index is 0.0244. The van der Waals surface area contributed by atoms with E-state index in [0.717, 1.165) is 32.7 Å². The minimum atomic E-state index is -0.277. The van der Waals surface area contributed by atoms with Gasteiger partial charge in [0.2, 0.25) is 12.3 Å². The number of rotatable bonds is 2. The topological polar surface area (TPSA) is 56.8 Å². The van der Waals surface area contributed by atoms with Crippen molar-refractivity contribution in [2.45, 2.75) is 13.3 Å². The van der Waals surface area contributed by atoms with Crippen molar-refractivity contribution >= 4 is 5.91 Å². The summed E-state index contributed by atoms with van der Waals surface area (Å²) in [4.78, 5) is 11.6. The van der Waals surface area contributed by atoms with Gasteiger partial charge in [0.25, 0.3) is 0 Å². The molecule has 1 atom stereocenters. The second-order valence-electron chi connectivity index (χ2n) is 3.74. The molecule has 15 heavy (non-hydrogen) atoms. The number of hydrogen-bond acceptors (Lipinski definition) is 5. The van der Waals surface area contributed by atoms with E-state index in [-0.39, 0.29) is 12.3 Å². The van der Waals surface area contributed by atoms with E-state index in [9.17, 15) is 4.79 Å². The van der Waals surface area contributed by atoms with Crippen LogP contribution in [0, 0.1) is 0 Å². The zero-order chi connectivity index (χ0) is 10.7. The molecule has 6 heteroatoms. The SMILES string of the molecule is CC(=O)N(C1NCCO1)N1CCNCC1. The van der Waals surface area contributed by atoms with Crippen LogP contribution in [0.2, 0.25) is 0 Å². The molecule has 0 aromatic rings. The summed E-state index contributed by atoms with van der Waals surface area (Å²) in [6.45, 7) is 6.57. The van der Waals surface area contributed by atoms with Crippen molar-refractivity contribution < 1.29 is 9.53 Å². The Hall–Kier alpha value is -0.690. The number of carbonyl (C=O) groups excluding carboxylic acids is 1. The van der Waals surface area contributed by atoms with Crippen LogP contribution in [0.4, 0.5) is 0 Å². The van der Waals surface area contributed by atoms with Gasteiger partial charge in [0.1, 0.15) is 0 Å². The van der Waals surface area contributed by atoms with E-state index in [1.807, 2.05) is 5.01 Å². The van der Waals surface area contributed by atoms with Gasteiger partial charge in [-0.25, -0.2) is 10.0 Å². The Balaban J connectivity index is 2.00. The first-order valence-corrected chi connectivity index (χ1v) is 5.39. The average Bonchev–Trinajstić information content (AvgIpc) is 2.72. The van der Waals surface area contributed by atoms with Crippen LogP contribution < -0.4 is 10.6 Å². The first-order chi connectivity index (χ1) is 7.29. The zero-order valence-electron chi connectivity index (χ0n) is 9.03. The van der Waals surface area contributed by atoms with Gasteiger partial charge in [-0.2, -0.15) is 0 Å². The predicted molar refractivity (Wildman–Crippen MR) is 54.7 cm³/mol. The third-order valence-electron chi connectivity index (χ3n) is 2.64. The van der Waals surface area contributed by atoms with Gasteiger partial charge in [0.05, 0.1) is 6.61 Å². The van der Waals surface area contributed by atoms with E-state index in [4.69, 9.17) is 4.74 Å². The molecule has 2 aliphatic rings. The van der Waals surface area contributed by atoms with Gasteiger partial charge in [-0.05, 0) is 0 Å². The molecule has 1 amide bonds. The Labute approximate surface area is 89.5 Å². The molecule has 6 nitrogen and oxygen atoms in total. The number of hydrogen-bond donors (Lipinski definition) is 2. The fraction of sp³-hybridized carbons (Fsp3) is 0.889. The van der Waals surface area contributed by atoms with Gasteiger partial charge in [-0.3, -0.25) is 10.1 Å². The standard InChI is InChI=1S/C9H18N4O2/c1-8(14)13(9-11-4-7-15-9)12-5-2-10-3-6-12/h9-11H,2-7H2,1H3. The highest BCUT2D eigenvalue weighted by Crippen LogP contribution is 2.09. The lowest BCUT2D eigenvalue weighted by atomic mass is 10.4. The largest absolute Gasteiger partial charge is 0.342 e. The molecule has 1 unspecified atom stereocenters. The van der Waals surface area contributed by atoms with Crippen LogP contribution in [-0.4, -0.2) is 61.6 Å².